The summed E-state index contributed by atoms with van der Waals surface area (Å²) in [5, 5.41) is 0. The Morgan fingerprint density at radius 1 is 1.06 bits per heavy atom. The van der Waals surface area contributed by atoms with Crippen LogP contribution in [0, 0.1) is 0 Å². The summed E-state index contributed by atoms with van der Waals surface area (Å²) in [4.78, 5) is 18.7. The first-order valence-corrected chi connectivity index (χ1v) is 6.42. The van der Waals surface area contributed by atoms with Gasteiger partial charge in [0.25, 0.3) is 0 Å². The maximum Gasteiger partial charge on any atom is 0.320 e. The third kappa shape index (κ3) is 2.48. The highest BCUT2D eigenvalue weighted by molar-refractivity contribution is 5.75. The Balaban J connectivity index is 1.98. The van der Waals surface area contributed by atoms with Gasteiger partial charge in [0, 0.05) is 32.2 Å². The highest BCUT2D eigenvalue weighted by Gasteiger charge is 2.28. The molecule has 0 aromatic rings. The molecule has 1 unspecified atom stereocenters. The van der Waals surface area contributed by atoms with Crippen molar-refractivity contribution in [1.82, 2.24) is 14.7 Å². The summed E-state index contributed by atoms with van der Waals surface area (Å²) in [5.41, 5.74) is 0. The van der Waals surface area contributed by atoms with Gasteiger partial charge < -0.3 is 14.7 Å². The highest BCUT2D eigenvalue weighted by atomic mass is 16.2. The third-order valence-corrected chi connectivity index (χ3v) is 3.67. The van der Waals surface area contributed by atoms with Gasteiger partial charge in [-0.25, -0.2) is 4.79 Å². The van der Waals surface area contributed by atoms with E-state index in [0.717, 1.165) is 39.1 Å². The second-order valence-corrected chi connectivity index (χ2v) is 5.13. The van der Waals surface area contributed by atoms with E-state index in [1.165, 1.54) is 12.8 Å². The van der Waals surface area contributed by atoms with Crippen LogP contribution in [-0.4, -0.2) is 66.5 Å². The van der Waals surface area contributed by atoms with Crippen LogP contribution in [0.25, 0.3) is 0 Å². The Kier molecular flexibility index (Phi) is 3.69. The minimum absolute atomic E-state index is 0.264. The molecular weight excluding hydrogens is 202 g/mol. The number of hydrogen-bond acceptors (Lipinski definition) is 2. The van der Waals surface area contributed by atoms with Gasteiger partial charge in [-0.1, -0.05) is 0 Å². The number of carbonyl (C=O) groups is 1. The quantitative estimate of drug-likeness (QED) is 0.620. The molecule has 2 aliphatic heterocycles. The molecule has 2 fully saturated rings. The van der Waals surface area contributed by atoms with Crippen molar-refractivity contribution in [3.05, 3.63) is 0 Å². The number of hydrogen-bond donors (Lipinski definition) is 0. The Morgan fingerprint density at radius 3 is 2.44 bits per heavy atom. The SMILES string of the molecule is CC1CN(C)CCCN1C(=O)N1CCCC1. The normalized spacial score (nSPS) is 28.2. The van der Waals surface area contributed by atoms with Gasteiger partial charge in [-0.15, -0.1) is 0 Å². The molecule has 2 heterocycles. The van der Waals surface area contributed by atoms with Gasteiger partial charge in [-0.3, -0.25) is 0 Å². The Hall–Kier alpha value is -0.770. The summed E-state index contributed by atoms with van der Waals surface area (Å²) in [6.45, 7) is 7.10. The smallest absolute Gasteiger partial charge is 0.320 e. The van der Waals surface area contributed by atoms with Crippen LogP contribution in [-0.2, 0) is 0 Å². The molecule has 0 aliphatic carbocycles. The summed E-state index contributed by atoms with van der Waals surface area (Å²) >= 11 is 0. The van der Waals surface area contributed by atoms with Gasteiger partial charge in [-0.2, -0.15) is 0 Å². The predicted octanol–water partition coefficient (Wildman–Crippen LogP) is 1.23. The zero-order valence-corrected chi connectivity index (χ0v) is 10.5. The van der Waals surface area contributed by atoms with Crippen LogP contribution in [0.1, 0.15) is 26.2 Å². The average molecular weight is 225 g/mol. The van der Waals surface area contributed by atoms with Crippen molar-refractivity contribution in [2.75, 3.05) is 39.8 Å². The van der Waals surface area contributed by atoms with Crippen LogP contribution in [0.5, 0.6) is 0 Å². The monoisotopic (exact) mass is 225 g/mol. The van der Waals surface area contributed by atoms with E-state index >= 15 is 0 Å². The van der Waals surface area contributed by atoms with Gasteiger partial charge in [0.15, 0.2) is 0 Å². The van der Waals surface area contributed by atoms with Crippen LogP contribution in [0.4, 0.5) is 4.79 Å². The largest absolute Gasteiger partial charge is 0.325 e. The molecule has 0 aromatic carbocycles. The molecule has 0 N–H and O–H groups in total. The topological polar surface area (TPSA) is 26.8 Å². The van der Waals surface area contributed by atoms with E-state index in [1.807, 2.05) is 4.90 Å². The Labute approximate surface area is 98.2 Å². The maximum atomic E-state index is 12.3. The minimum atomic E-state index is 0.264. The van der Waals surface area contributed by atoms with Crippen molar-refractivity contribution in [1.29, 1.82) is 0 Å². The van der Waals surface area contributed by atoms with Gasteiger partial charge in [0.2, 0.25) is 0 Å². The molecule has 0 aromatic heterocycles. The zero-order chi connectivity index (χ0) is 11.5. The fourth-order valence-electron chi connectivity index (χ4n) is 2.75. The molecule has 92 valence electrons. The van der Waals surface area contributed by atoms with Crippen LogP contribution in [0.2, 0.25) is 0 Å². The maximum absolute atomic E-state index is 12.3. The predicted molar refractivity (Wildman–Crippen MR) is 64.5 cm³/mol. The van der Waals surface area contributed by atoms with Crippen molar-refractivity contribution < 1.29 is 4.79 Å². The summed E-state index contributed by atoms with van der Waals surface area (Å²) < 4.78 is 0. The molecule has 0 saturated carbocycles. The summed E-state index contributed by atoms with van der Waals surface area (Å²) in [5.74, 6) is 0. The molecular formula is C12H23N3O. The number of rotatable bonds is 0. The number of urea groups is 1. The Morgan fingerprint density at radius 2 is 1.75 bits per heavy atom. The molecule has 0 bridgehead atoms. The lowest BCUT2D eigenvalue weighted by atomic mass is 10.3. The lowest BCUT2D eigenvalue weighted by Crippen LogP contribution is -2.48. The third-order valence-electron chi connectivity index (χ3n) is 3.67. The lowest BCUT2D eigenvalue weighted by Gasteiger charge is -2.31. The molecule has 2 saturated heterocycles. The van der Waals surface area contributed by atoms with Crippen LogP contribution >= 0.6 is 0 Å². The lowest BCUT2D eigenvalue weighted by molar-refractivity contribution is 0.145. The fraction of sp³-hybridized carbons (Fsp3) is 0.917. The van der Waals surface area contributed by atoms with E-state index in [2.05, 4.69) is 23.8 Å². The van der Waals surface area contributed by atoms with Crippen molar-refractivity contribution in [3.8, 4) is 0 Å². The van der Waals surface area contributed by atoms with E-state index in [0.29, 0.717) is 6.04 Å². The second kappa shape index (κ2) is 5.04. The first-order valence-electron chi connectivity index (χ1n) is 6.42. The van der Waals surface area contributed by atoms with Crippen molar-refractivity contribution in [2.45, 2.75) is 32.2 Å². The van der Waals surface area contributed by atoms with Crippen LogP contribution in [0.3, 0.4) is 0 Å². The van der Waals surface area contributed by atoms with E-state index in [1.54, 1.807) is 0 Å². The summed E-state index contributed by atoms with van der Waals surface area (Å²) in [6.07, 6.45) is 3.45. The Bertz CT molecular complexity index is 251. The van der Waals surface area contributed by atoms with Crippen LogP contribution < -0.4 is 0 Å². The molecule has 0 radical (unpaired) electrons. The molecule has 0 spiro atoms. The second-order valence-electron chi connectivity index (χ2n) is 5.13. The van der Waals surface area contributed by atoms with E-state index in [-0.39, 0.29) is 6.03 Å². The number of nitrogens with zero attached hydrogens (tertiary/aromatic N) is 3. The first kappa shape index (κ1) is 11.7. The molecule has 16 heavy (non-hydrogen) atoms. The van der Waals surface area contributed by atoms with Crippen LogP contribution in [0.15, 0.2) is 0 Å². The number of carbonyl (C=O) groups excluding carboxylic acids is 1. The molecule has 2 aliphatic rings. The molecule has 4 heteroatoms. The van der Waals surface area contributed by atoms with Crippen molar-refractivity contribution in [3.63, 3.8) is 0 Å². The minimum Gasteiger partial charge on any atom is -0.325 e. The van der Waals surface area contributed by atoms with E-state index in [4.69, 9.17) is 0 Å². The number of amides is 2. The first-order chi connectivity index (χ1) is 7.68. The highest BCUT2D eigenvalue weighted by Crippen LogP contribution is 2.15. The van der Waals surface area contributed by atoms with E-state index in [9.17, 15) is 4.79 Å². The van der Waals surface area contributed by atoms with Gasteiger partial charge in [0.1, 0.15) is 0 Å². The molecule has 4 nitrogen and oxygen atoms in total. The van der Waals surface area contributed by atoms with Gasteiger partial charge >= 0.3 is 6.03 Å². The fourth-order valence-corrected chi connectivity index (χ4v) is 2.75. The van der Waals surface area contributed by atoms with E-state index < -0.39 is 0 Å². The number of likely N-dealkylation sites (N-methyl/N-ethyl adjacent to an activating group) is 1. The summed E-state index contributed by atoms with van der Waals surface area (Å²) in [7, 11) is 2.14. The average Bonchev–Trinajstić information content (AvgIpc) is 2.71. The standard InChI is InChI=1S/C12H23N3O/c1-11-10-13(2)6-5-9-15(11)12(16)14-7-3-4-8-14/h11H,3-10H2,1-2H3. The summed E-state index contributed by atoms with van der Waals surface area (Å²) in [6, 6.07) is 0.612. The van der Waals surface area contributed by atoms with Gasteiger partial charge in [0.05, 0.1) is 0 Å². The van der Waals surface area contributed by atoms with Crippen molar-refractivity contribution in [2.24, 2.45) is 0 Å². The number of likely N-dealkylation sites (tertiary alicyclic amines) is 1. The zero-order valence-electron chi connectivity index (χ0n) is 10.5. The molecule has 2 amide bonds. The molecule has 1 atom stereocenters. The van der Waals surface area contributed by atoms with Gasteiger partial charge in [-0.05, 0) is 39.8 Å². The molecule has 2 rings (SSSR count). The van der Waals surface area contributed by atoms with Crippen molar-refractivity contribution >= 4 is 6.03 Å².